The molecule has 12 heteroatoms. The topological polar surface area (TPSA) is 59.1 Å². The summed E-state index contributed by atoms with van der Waals surface area (Å²) in [6, 6.07) is 57.0. The Morgan fingerprint density at radius 3 is 0.933 bits per heavy atom. The summed E-state index contributed by atoms with van der Waals surface area (Å²) in [6.07, 6.45) is 1.85. The maximum absolute atomic E-state index is 13.7. The van der Waals surface area contributed by atoms with E-state index in [1.54, 1.807) is 48.5 Å². The van der Waals surface area contributed by atoms with Crippen LogP contribution in [0.2, 0.25) is 0 Å². The summed E-state index contributed by atoms with van der Waals surface area (Å²) in [5, 5.41) is 0. The standard InChI is InChI=1S/C48H34B2F4N2O4/c51-49(52)59-47(35-24-28-43(29-25-35)55(39-16-5-1-6-17-39)40-18-7-2-8-19-40)33-45(57)37-14-13-15-38(32-37)46(58)34-48(60-50(53)54)36-26-30-44(31-27-36)56(41-20-9-3-10-21-41)42-22-11-4-12-23-42/h1-34H/b47-33-,48-34-. The van der Waals surface area contributed by atoms with Gasteiger partial charge >= 0.3 is 14.9 Å². The fourth-order valence-electron chi connectivity index (χ4n) is 6.55. The van der Waals surface area contributed by atoms with Crippen LogP contribution in [0.25, 0.3) is 11.5 Å². The number of allylic oxidation sites excluding steroid dienone is 2. The van der Waals surface area contributed by atoms with Crippen LogP contribution in [0.4, 0.5) is 51.4 Å². The van der Waals surface area contributed by atoms with Gasteiger partial charge in [-0.2, -0.15) is 0 Å². The van der Waals surface area contributed by atoms with Gasteiger partial charge in [-0.15, -0.1) is 0 Å². The van der Waals surface area contributed by atoms with E-state index in [-0.39, 0.29) is 22.3 Å². The Bertz CT molecular complexity index is 2330. The molecule has 0 saturated carbocycles. The first-order valence-electron chi connectivity index (χ1n) is 18.8. The zero-order valence-corrected chi connectivity index (χ0v) is 31.8. The van der Waals surface area contributed by atoms with E-state index in [0.29, 0.717) is 0 Å². The molecule has 0 unspecified atom stereocenters. The third-order valence-electron chi connectivity index (χ3n) is 9.27. The van der Waals surface area contributed by atoms with E-state index >= 15 is 0 Å². The number of rotatable bonds is 16. The Labute approximate surface area is 345 Å². The monoisotopic (exact) mass is 800 g/mol. The molecule has 0 aliphatic rings. The largest absolute Gasteiger partial charge is 0.796 e. The summed E-state index contributed by atoms with van der Waals surface area (Å²) in [7, 11) is -6.48. The summed E-state index contributed by atoms with van der Waals surface area (Å²) in [5.41, 5.74) is 5.30. The van der Waals surface area contributed by atoms with Gasteiger partial charge in [0.1, 0.15) is 11.5 Å². The van der Waals surface area contributed by atoms with Gasteiger partial charge in [-0.3, -0.25) is 9.59 Å². The van der Waals surface area contributed by atoms with Crippen molar-refractivity contribution in [2.75, 3.05) is 9.80 Å². The van der Waals surface area contributed by atoms with Crippen LogP contribution in [0.5, 0.6) is 0 Å². The van der Waals surface area contributed by atoms with E-state index in [4.69, 9.17) is 9.31 Å². The molecular weight excluding hydrogens is 766 g/mol. The minimum absolute atomic E-state index is 0.0248. The second kappa shape index (κ2) is 19.2. The van der Waals surface area contributed by atoms with E-state index in [0.717, 1.165) is 46.3 Å². The zero-order chi connectivity index (χ0) is 41.8. The molecule has 0 spiro atoms. The number of carbonyl (C=O) groups excluding carboxylic acids is 2. The summed E-state index contributed by atoms with van der Waals surface area (Å²) >= 11 is 0. The van der Waals surface area contributed by atoms with E-state index < -0.39 is 38.0 Å². The lowest BCUT2D eigenvalue weighted by Crippen LogP contribution is -2.10. The molecule has 0 aromatic heterocycles. The van der Waals surface area contributed by atoms with Gasteiger partial charge < -0.3 is 19.1 Å². The van der Waals surface area contributed by atoms with Crippen LogP contribution in [0.1, 0.15) is 31.8 Å². The van der Waals surface area contributed by atoms with Crippen molar-refractivity contribution in [2.24, 2.45) is 0 Å². The normalized spacial score (nSPS) is 11.3. The van der Waals surface area contributed by atoms with Crippen molar-refractivity contribution in [3.63, 3.8) is 0 Å². The third kappa shape index (κ3) is 10.1. The quantitative estimate of drug-likeness (QED) is 0.0319. The van der Waals surface area contributed by atoms with Crippen molar-refractivity contribution < 1.29 is 36.2 Å². The van der Waals surface area contributed by atoms with E-state index in [1.165, 1.54) is 24.3 Å². The number of nitrogens with zero attached hydrogens (tertiary/aromatic N) is 2. The van der Waals surface area contributed by atoms with E-state index in [1.807, 2.05) is 131 Å². The van der Waals surface area contributed by atoms with Gasteiger partial charge in [-0.25, -0.2) is 17.3 Å². The SMILES string of the molecule is O=C(/C=C(\OB(F)F)c1ccc(N(c2ccccc2)c2ccccc2)cc1)c1cccc(C(=O)/C=C(\OB(F)F)c2ccc(N(c3ccccc3)c3ccccc3)cc2)c1. The molecular formula is C48H34B2F4N2O4. The zero-order valence-electron chi connectivity index (χ0n) is 31.8. The highest BCUT2D eigenvalue weighted by molar-refractivity contribution is 6.36. The Kier molecular flexibility index (Phi) is 13.0. The molecule has 7 aromatic rings. The number of anilines is 6. The van der Waals surface area contributed by atoms with Crippen molar-refractivity contribution in [3.05, 3.63) is 229 Å². The Balaban J connectivity index is 1.14. The van der Waals surface area contributed by atoms with Crippen molar-refractivity contribution in [2.45, 2.75) is 0 Å². The van der Waals surface area contributed by atoms with Crippen molar-refractivity contribution in [3.8, 4) is 0 Å². The highest BCUT2D eigenvalue weighted by Gasteiger charge is 2.24. The fourth-order valence-corrected chi connectivity index (χ4v) is 6.55. The van der Waals surface area contributed by atoms with Gasteiger partial charge in [-0.05, 0) is 103 Å². The van der Waals surface area contributed by atoms with E-state index in [2.05, 4.69) is 0 Å². The van der Waals surface area contributed by atoms with Crippen LogP contribution >= 0.6 is 0 Å². The van der Waals surface area contributed by atoms with Crippen LogP contribution < -0.4 is 9.80 Å². The lowest BCUT2D eigenvalue weighted by molar-refractivity contribution is 0.104. The first-order valence-corrected chi connectivity index (χ1v) is 18.8. The summed E-state index contributed by atoms with van der Waals surface area (Å²) in [5.74, 6) is -2.24. The van der Waals surface area contributed by atoms with Crippen LogP contribution in [-0.4, -0.2) is 26.5 Å². The molecule has 0 heterocycles. The molecule has 0 fully saturated rings. The average molecular weight is 800 g/mol. The predicted octanol–water partition coefficient (Wildman–Crippen LogP) is 13.0. The summed E-state index contributed by atoms with van der Waals surface area (Å²) in [6.45, 7) is 0. The average Bonchev–Trinajstić information content (AvgIpc) is 3.28. The second-order valence-corrected chi connectivity index (χ2v) is 13.2. The number of halogens is 4. The second-order valence-electron chi connectivity index (χ2n) is 13.2. The molecule has 0 aliphatic heterocycles. The fraction of sp³-hybridized carbons (Fsp3) is 0. The maximum atomic E-state index is 13.7. The van der Waals surface area contributed by atoms with Gasteiger partial charge in [-0.1, -0.05) is 91.0 Å². The Hall–Kier alpha value is -7.59. The lowest BCUT2D eigenvalue weighted by atomic mass is 10.0. The van der Waals surface area contributed by atoms with Gasteiger partial charge in [0.05, 0.1) is 0 Å². The maximum Gasteiger partial charge on any atom is 0.796 e. The Morgan fingerprint density at radius 1 is 0.367 bits per heavy atom. The minimum atomic E-state index is -3.24. The van der Waals surface area contributed by atoms with Gasteiger partial charge in [0, 0.05) is 68.5 Å². The highest BCUT2D eigenvalue weighted by Crippen LogP contribution is 2.36. The van der Waals surface area contributed by atoms with Crippen molar-refractivity contribution in [1.29, 1.82) is 0 Å². The molecule has 0 N–H and O–H groups in total. The molecule has 0 amide bonds. The molecule has 7 rings (SSSR count). The molecule has 0 saturated heterocycles. The summed E-state index contributed by atoms with van der Waals surface area (Å²) in [4.78, 5) is 31.1. The number of benzene rings is 7. The molecule has 294 valence electrons. The minimum Gasteiger partial charge on any atom is -0.505 e. The van der Waals surface area contributed by atoms with Crippen LogP contribution in [0.15, 0.2) is 206 Å². The van der Waals surface area contributed by atoms with Gasteiger partial charge in [0.15, 0.2) is 11.6 Å². The molecule has 6 nitrogen and oxygen atoms in total. The highest BCUT2D eigenvalue weighted by atomic mass is 19.2. The smallest absolute Gasteiger partial charge is 0.505 e. The van der Waals surface area contributed by atoms with Gasteiger partial charge in [0.25, 0.3) is 0 Å². The predicted molar refractivity (Wildman–Crippen MR) is 231 cm³/mol. The first-order chi connectivity index (χ1) is 29.2. The van der Waals surface area contributed by atoms with Crippen LogP contribution in [0, 0.1) is 0 Å². The number of hydrogen-bond donors (Lipinski definition) is 0. The molecule has 7 aromatic carbocycles. The van der Waals surface area contributed by atoms with Crippen LogP contribution in [0.3, 0.4) is 0 Å². The Morgan fingerprint density at radius 2 is 0.650 bits per heavy atom. The third-order valence-corrected chi connectivity index (χ3v) is 9.27. The van der Waals surface area contributed by atoms with Crippen LogP contribution in [-0.2, 0) is 9.31 Å². The van der Waals surface area contributed by atoms with Gasteiger partial charge in [0.2, 0.25) is 0 Å². The van der Waals surface area contributed by atoms with Crippen molar-refractivity contribution >= 4 is 72.1 Å². The molecule has 0 atom stereocenters. The summed E-state index contributed by atoms with van der Waals surface area (Å²) < 4.78 is 64.5. The lowest BCUT2D eigenvalue weighted by Gasteiger charge is -2.25. The molecule has 60 heavy (non-hydrogen) atoms. The molecule has 0 aliphatic carbocycles. The first kappa shape index (κ1) is 40.6. The van der Waals surface area contributed by atoms with Crippen molar-refractivity contribution in [1.82, 2.24) is 0 Å². The molecule has 0 radical (unpaired) electrons. The number of para-hydroxylation sites is 4. The number of ketones is 2. The van der Waals surface area contributed by atoms with E-state index in [9.17, 15) is 26.9 Å². The number of carbonyl (C=O) groups is 2. The number of hydrogen-bond acceptors (Lipinski definition) is 6. The molecule has 0 bridgehead atoms.